The van der Waals surface area contributed by atoms with Gasteiger partial charge in [0.2, 0.25) is 5.15 Å². The van der Waals surface area contributed by atoms with Gasteiger partial charge in [-0.05, 0) is 12.8 Å². The second-order valence-electron chi connectivity index (χ2n) is 3.95. The molecule has 1 aliphatic carbocycles. The number of nitrogens with zero attached hydrogens (tertiary/aromatic N) is 3. The van der Waals surface area contributed by atoms with Gasteiger partial charge in [0, 0.05) is 5.25 Å². The van der Waals surface area contributed by atoms with E-state index in [4.69, 9.17) is 11.6 Å². The summed E-state index contributed by atoms with van der Waals surface area (Å²) in [5.41, 5.74) is -0.162. The minimum Gasteiger partial charge on any atom is -0.258 e. The Balaban J connectivity index is 2.19. The van der Waals surface area contributed by atoms with Crippen LogP contribution in [0.25, 0.3) is 0 Å². The fraction of sp³-hybridized carbons (Fsp3) is 0.600. The van der Waals surface area contributed by atoms with Gasteiger partial charge in [-0.2, -0.15) is 0 Å². The van der Waals surface area contributed by atoms with E-state index in [1.807, 2.05) is 0 Å². The molecule has 0 bridgehead atoms. The molecule has 1 heterocycles. The Hall–Kier alpha value is -0.880. The Morgan fingerprint density at radius 1 is 1.35 bits per heavy atom. The molecule has 0 amide bonds. The van der Waals surface area contributed by atoms with Gasteiger partial charge in [0.25, 0.3) is 0 Å². The van der Waals surface area contributed by atoms with Crippen molar-refractivity contribution in [3.63, 3.8) is 0 Å². The topological polar surface area (TPSA) is 68.9 Å². The van der Waals surface area contributed by atoms with Crippen molar-refractivity contribution < 1.29 is 4.92 Å². The normalized spacial score (nSPS) is 17.0. The number of rotatable bonds is 3. The number of hydrogen-bond donors (Lipinski definition) is 0. The predicted molar refractivity (Wildman–Crippen MR) is 66.4 cm³/mol. The molecule has 0 aromatic carbocycles. The zero-order valence-electron chi connectivity index (χ0n) is 9.13. The summed E-state index contributed by atoms with van der Waals surface area (Å²) < 4.78 is 0. The lowest BCUT2D eigenvalue weighted by Gasteiger charge is -2.20. The predicted octanol–water partition coefficient (Wildman–Crippen LogP) is 3.46. The molecule has 1 fully saturated rings. The van der Waals surface area contributed by atoms with E-state index in [2.05, 4.69) is 9.97 Å². The molecule has 1 aromatic rings. The first kappa shape index (κ1) is 12.6. The first-order chi connectivity index (χ1) is 8.18. The van der Waals surface area contributed by atoms with E-state index in [1.165, 1.54) is 37.4 Å². The summed E-state index contributed by atoms with van der Waals surface area (Å²) >= 11 is 7.19. The molecule has 0 unspecified atom stereocenters. The summed E-state index contributed by atoms with van der Waals surface area (Å²) in [6, 6.07) is 0. The number of aromatic nitrogens is 2. The lowest BCUT2D eigenvalue weighted by molar-refractivity contribution is -0.388. The van der Waals surface area contributed by atoms with Gasteiger partial charge < -0.3 is 0 Å². The molecular formula is C10H12ClN3O2S. The van der Waals surface area contributed by atoms with Crippen LogP contribution in [0.1, 0.15) is 32.1 Å². The fourth-order valence-corrected chi connectivity index (χ4v) is 3.46. The van der Waals surface area contributed by atoms with Crippen molar-refractivity contribution in [2.75, 3.05) is 0 Å². The summed E-state index contributed by atoms with van der Waals surface area (Å²) in [6.07, 6.45) is 7.08. The van der Waals surface area contributed by atoms with E-state index in [-0.39, 0.29) is 10.8 Å². The minimum atomic E-state index is -0.506. The Kier molecular flexibility index (Phi) is 4.17. The van der Waals surface area contributed by atoms with Gasteiger partial charge in [0.1, 0.15) is 6.33 Å². The Labute approximate surface area is 108 Å². The van der Waals surface area contributed by atoms with Crippen molar-refractivity contribution in [3.8, 4) is 0 Å². The summed E-state index contributed by atoms with van der Waals surface area (Å²) in [5.74, 6) is 0. The highest BCUT2D eigenvalue weighted by Crippen LogP contribution is 2.38. The van der Waals surface area contributed by atoms with E-state index < -0.39 is 4.92 Å². The lowest BCUT2D eigenvalue weighted by atomic mass is 10.0. The van der Waals surface area contributed by atoms with Crippen molar-refractivity contribution in [2.45, 2.75) is 42.4 Å². The van der Waals surface area contributed by atoms with Crippen molar-refractivity contribution in [1.82, 2.24) is 9.97 Å². The second kappa shape index (κ2) is 5.64. The van der Waals surface area contributed by atoms with Crippen molar-refractivity contribution in [1.29, 1.82) is 0 Å². The Morgan fingerprint density at radius 3 is 2.71 bits per heavy atom. The summed E-state index contributed by atoms with van der Waals surface area (Å²) in [7, 11) is 0. The minimum absolute atomic E-state index is 0.0803. The van der Waals surface area contributed by atoms with Crippen molar-refractivity contribution in [2.24, 2.45) is 0 Å². The van der Waals surface area contributed by atoms with Gasteiger partial charge in [-0.1, -0.05) is 42.6 Å². The SMILES string of the molecule is O=[N+]([O-])c1c(Cl)ncnc1SC1CCCCC1. The summed E-state index contributed by atoms with van der Waals surface area (Å²) in [4.78, 5) is 18.0. The standard InChI is InChI=1S/C10H12ClN3O2S/c11-9-8(14(15)16)10(13-6-12-9)17-7-4-2-1-3-5-7/h6-7H,1-5H2. The molecule has 17 heavy (non-hydrogen) atoms. The summed E-state index contributed by atoms with van der Waals surface area (Å²) in [5, 5.41) is 11.6. The highest BCUT2D eigenvalue weighted by molar-refractivity contribution is 8.00. The maximum atomic E-state index is 10.9. The lowest BCUT2D eigenvalue weighted by Crippen LogP contribution is -2.09. The molecule has 0 saturated heterocycles. The molecule has 0 aliphatic heterocycles. The van der Waals surface area contributed by atoms with E-state index >= 15 is 0 Å². The Morgan fingerprint density at radius 2 is 2.06 bits per heavy atom. The first-order valence-corrected chi connectivity index (χ1v) is 6.76. The molecule has 0 N–H and O–H groups in total. The Bertz CT molecular complexity index is 424. The molecule has 2 rings (SSSR count). The van der Waals surface area contributed by atoms with Gasteiger partial charge in [-0.25, -0.2) is 9.97 Å². The van der Waals surface area contributed by atoms with E-state index in [0.29, 0.717) is 10.3 Å². The van der Waals surface area contributed by atoms with E-state index in [9.17, 15) is 10.1 Å². The van der Waals surface area contributed by atoms with E-state index in [0.717, 1.165) is 12.8 Å². The molecule has 7 heteroatoms. The zero-order valence-corrected chi connectivity index (χ0v) is 10.7. The van der Waals surface area contributed by atoms with Crippen molar-refractivity contribution in [3.05, 3.63) is 21.6 Å². The quantitative estimate of drug-likeness (QED) is 0.479. The highest BCUT2D eigenvalue weighted by Gasteiger charge is 2.25. The number of thioether (sulfide) groups is 1. The molecule has 5 nitrogen and oxygen atoms in total. The third-order valence-electron chi connectivity index (χ3n) is 2.76. The molecule has 1 saturated carbocycles. The molecule has 1 aromatic heterocycles. The third-order valence-corrected chi connectivity index (χ3v) is 4.36. The van der Waals surface area contributed by atoms with Crippen LogP contribution >= 0.6 is 23.4 Å². The second-order valence-corrected chi connectivity index (χ2v) is 5.60. The first-order valence-electron chi connectivity index (χ1n) is 5.50. The average molecular weight is 274 g/mol. The van der Waals surface area contributed by atoms with Gasteiger partial charge in [-0.3, -0.25) is 10.1 Å². The number of halogens is 1. The van der Waals surface area contributed by atoms with Crippen molar-refractivity contribution >= 4 is 29.1 Å². The van der Waals surface area contributed by atoms with Crippen LogP contribution in [0.15, 0.2) is 11.4 Å². The molecule has 0 spiro atoms. The van der Waals surface area contributed by atoms with Gasteiger partial charge in [0.05, 0.1) is 4.92 Å². The monoisotopic (exact) mass is 273 g/mol. The maximum absolute atomic E-state index is 10.9. The van der Waals surface area contributed by atoms with Crippen LogP contribution in [-0.2, 0) is 0 Å². The average Bonchev–Trinajstić information content (AvgIpc) is 2.30. The van der Waals surface area contributed by atoms with Crippen LogP contribution in [-0.4, -0.2) is 20.1 Å². The van der Waals surface area contributed by atoms with Crippen LogP contribution in [0.3, 0.4) is 0 Å². The molecule has 0 radical (unpaired) electrons. The fourth-order valence-electron chi connectivity index (χ4n) is 1.92. The maximum Gasteiger partial charge on any atom is 0.338 e. The largest absolute Gasteiger partial charge is 0.338 e. The molecular weight excluding hydrogens is 262 g/mol. The highest BCUT2D eigenvalue weighted by atomic mass is 35.5. The molecule has 1 aliphatic rings. The van der Waals surface area contributed by atoms with Crippen LogP contribution in [0.5, 0.6) is 0 Å². The zero-order chi connectivity index (χ0) is 12.3. The van der Waals surface area contributed by atoms with Crippen LogP contribution in [0.4, 0.5) is 5.69 Å². The smallest absolute Gasteiger partial charge is 0.258 e. The third kappa shape index (κ3) is 3.07. The van der Waals surface area contributed by atoms with Crippen LogP contribution in [0.2, 0.25) is 5.15 Å². The number of hydrogen-bond acceptors (Lipinski definition) is 5. The van der Waals surface area contributed by atoms with Crippen LogP contribution < -0.4 is 0 Å². The number of nitro groups is 1. The molecule has 0 atom stereocenters. The van der Waals surface area contributed by atoms with Gasteiger partial charge >= 0.3 is 5.69 Å². The molecule has 92 valence electrons. The summed E-state index contributed by atoms with van der Waals surface area (Å²) in [6.45, 7) is 0. The van der Waals surface area contributed by atoms with Gasteiger partial charge in [-0.15, -0.1) is 0 Å². The van der Waals surface area contributed by atoms with Crippen LogP contribution in [0, 0.1) is 10.1 Å². The van der Waals surface area contributed by atoms with E-state index in [1.54, 1.807) is 0 Å². The van der Waals surface area contributed by atoms with Gasteiger partial charge in [0.15, 0.2) is 5.03 Å².